The first-order valence-electron chi connectivity index (χ1n) is 10.1. The van der Waals surface area contributed by atoms with Gasteiger partial charge >= 0.3 is 0 Å². The lowest BCUT2D eigenvalue weighted by Gasteiger charge is -2.26. The summed E-state index contributed by atoms with van der Waals surface area (Å²) in [6, 6.07) is 14.5. The molecule has 8 nitrogen and oxygen atoms in total. The Bertz CT molecular complexity index is 1140. The Balaban J connectivity index is 1.41. The third kappa shape index (κ3) is 4.40. The fourth-order valence-electron chi connectivity index (χ4n) is 3.67. The molecule has 1 aliphatic rings. The third-order valence-corrected chi connectivity index (χ3v) is 5.55. The van der Waals surface area contributed by atoms with Crippen molar-refractivity contribution < 1.29 is 19.1 Å². The number of halogens is 1. The highest BCUT2D eigenvalue weighted by molar-refractivity contribution is 6.30. The van der Waals surface area contributed by atoms with Crippen LogP contribution in [0.4, 0.5) is 0 Å². The number of ether oxygens (including phenoxy) is 2. The van der Waals surface area contributed by atoms with Crippen molar-refractivity contribution in [1.82, 2.24) is 20.0 Å². The molecule has 0 unspecified atom stereocenters. The standard InChI is InChI=1S/C23H23ClN4O4/c1-31-20-5-3-4-16(22(20)32-2)13-25-21(29)14-27-10-11-28-19(23(27)30)12-18(26-28)15-6-8-17(24)9-7-15/h3-9,12H,10-11,13-14H2,1-2H3,(H,25,29). The summed E-state index contributed by atoms with van der Waals surface area (Å²) >= 11 is 5.95. The molecule has 4 rings (SSSR count). The maximum absolute atomic E-state index is 12.9. The van der Waals surface area contributed by atoms with Gasteiger partial charge in [0.25, 0.3) is 5.91 Å². The Kier molecular flexibility index (Phi) is 6.32. The Hall–Kier alpha value is -3.52. The van der Waals surface area contributed by atoms with E-state index in [1.807, 2.05) is 24.3 Å². The summed E-state index contributed by atoms with van der Waals surface area (Å²) in [4.78, 5) is 27.0. The first-order valence-corrected chi connectivity index (χ1v) is 10.5. The van der Waals surface area contributed by atoms with Crippen LogP contribution in [-0.2, 0) is 17.9 Å². The molecule has 0 spiro atoms. The molecular formula is C23H23ClN4O4. The predicted molar refractivity (Wildman–Crippen MR) is 120 cm³/mol. The fourth-order valence-corrected chi connectivity index (χ4v) is 3.79. The number of hydrogen-bond acceptors (Lipinski definition) is 5. The molecule has 9 heteroatoms. The number of fused-ring (bicyclic) bond motifs is 1. The number of carbonyl (C=O) groups is 2. The van der Waals surface area contributed by atoms with E-state index in [9.17, 15) is 9.59 Å². The second kappa shape index (κ2) is 9.32. The Labute approximate surface area is 190 Å². The zero-order valence-electron chi connectivity index (χ0n) is 17.8. The lowest BCUT2D eigenvalue weighted by atomic mass is 10.1. The van der Waals surface area contributed by atoms with Crippen LogP contribution in [0.2, 0.25) is 5.02 Å². The summed E-state index contributed by atoms with van der Waals surface area (Å²) in [7, 11) is 3.11. The van der Waals surface area contributed by atoms with Gasteiger partial charge in [-0.15, -0.1) is 0 Å². The maximum Gasteiger partial charge on any atom is 0.272 e. The number of aromatic nitrogens is 2. The first kappa shape index (κ1) is 21.7. The van der Waals surface area contributed by atoms with Crippen molar-refractivity contribution in [2.75, 3.05) is 27.3 Å². The summed E-state index contributed by atoms with van der Waals surface area (Å²) < 4.78 is 12.4. The van der Waals surface area contributed by atoms with E-state index in [-0.39, 0.29) is 24.9 Å². The van der Waals surface area contributed by atoms with E-state index in [2.05, 4.69) is 10.4 Å². The van der Waals surface area contributed by atoms with E-state index in [4.69, 9.17) is 21.1 Å². The Morgan fingerprint density at radius 1 is 1.12 bits per heavy atom. The molecule has 32 heavy (non-hydrogen) atoms. The number of nitrogens with one attached hydrogen (secondary N) is 1. The lowest BCUT2D eigenvalue weighted by Crippen LogP contribution is -2.45. The number of rotatable bonds is 7. The minimum absolute atomic E-state index is 0.0351. The van der Waals surface area contributed by atoms with Gasteiger partial charge in [-0.3, -0.25) is 14.3 Å². The van der Waals surface area contributed by atoms with Crippen molar-refractivity contribution in [2.24, 2.45) is 0 Å². The molecule has 0 saturated heterocycles. The number of carbonyl (C=O) groups excluding carboxylic acids is 2. The van der Waals surface area contributed by atoms with E-state index < -0.39 is 0 Å². The molecular weight excluding hydrogens is 432 g/mol. The van der Waals surface area contributed by atoms with Crippen molar-refractivity contribution in [3.63, 3.8) is 0 Å². The Morgan fingerprint density at radius 3 is 2.62 bits per heavy atom. The highest BCUT2D eigenvalue weighted by Crippen LogP contribution is 2.30. The van der Waals surface area contributed by atoms with Crippen molar-refractivity contribution >= 4 is 23.4 Å². The summed E-state index contributed by atoms with van der Waals surface area (Å²) in [5.41, 5.74) is 2.82. The number of para-hydroxylation sites is 1. The molecule has 1 aromatic heterocycles. The van der Waals surface area contributed by atoms with Gasteiger partial charge in [0.15, 0.2) is 11.5 Å². The molecule has 1 N–H and O–H groups in total. The topological polar surface area (TPSA) is 85.7 Å². The summed E-state index contributed by atoms with van der Waals surface area (Å²) in [6.45, 7) is 1.15. The average Bonchev–Trinajstić information content (AvgIpc) is 3.25. The molecule has 0 fully saturated rings. The molecule has 0 radical (unpaired) electrons. The van der Waals surface area contributed by atoms with Crippen LogP contribution in [0.5, 0.6) is 11.5 Å². The normalized spacial score (nSPS) is 13.0. The summed E-state index contributed by atoms with van der Waals surface area (Å²) in [6.07, 6.45) is 0. The largest absolute Gasteiger partial charge is 0.493 e. The van der Waals surface area contributed by atoms with E-state index in [0.29, 0.717) is 41.0 Å². The van der Waals surface area contributed by atoms with Gasteiger partial charge in [-0.25, -0.2) is 0 Å². The van der Waals surface area contributed by atoms with Crippen LogP contribution in [-0.4, -0.2) is 53.8 Å². The van der Waals surface area contributed by atoms with Crippen LogP contribution in [0.3, 0.4) is 0 Å². The molecule has 166 valence electrons. The highest BCUT2D eigenvalue weighted by atomic mass is 35.5. The zero-order valence-corrected chi connectivity index (χ0v) is 18.6. The number of nitrogens with zero attached hydrogens (tertiary/aromatic N) is 3. The molecule has 0 saturated carbocycles. The van der Waals surface area contributed by atoms with E-state index >= 15 is 0 Å². The van der Waals surface area contributed by atoms with E-state index in [0.717, 1.165) is 11.1 Å². The van der Waals surface area contributed by atoms with Crippen molar-refractivity contribution in [3.8, 4) is 22.8 Å². The quantitative estimate of drug-likeness (QED) is 0.593. The van der Waals surface area contributed by atoms with Gasteiger partial charge in [-0.05, 0) is 24.3 Å². The SMILES string of the molecule is COc1cccc(CNC(=O)CN2CCn3nc(-c4ccc(Cl)cc4)cc3C2=O)c1OC. The maximum atomic E-state index is 12.9. The van der Waals surface area contributed by atoms with E-state index in [1.54, 1.807) is 43.2 Å². The monoisotopic (exact) mass is 454 g/mol. The summed E-state index contributed by atoms with van der Waals surface area (Å²) in [5.74, 6) is 0.686. The molecule has 1 aliphatic heterocycles. The van der Waals surface area contributed by atoms with Crippen molar-refractivity contribution in [2.45, 2.75) is 13.1 Å². The minimum atomic E-state index is -0.255. The fraction of sp³-hybridized carbons (Fsp3) is 0.261. The number of methoxy groups -OCH3 is 2. The van der Waals surface area contributed by atoms with Crippen molar-refractivity contribution in [3.05, 3.63) is 64.8 Å². The minimum Gasteiger partial charge on any atom is -0.493 e. The van der Waals surface area contributed by atoms with Crippen LogP contribution in [0.15, 0.2) is 48.5 Å². The molecule has 2 amide bonds. The van der Waals surface area contributed by atoms with Crippen molar-refractivity contribution in [1.29, 1.82) is 0 Å². The smallest absolute Gasteiger partial charge is 0.272 e. The van der Waals surface area contributed by atoms with Gasteiger partial charge in [0, 0.05) is 29.2 Å². The second-order valence-electron chi connectivity index (χ2n) is 7.30. The lowest BCUT2D eigenvalue weighted by molar-refractivity contribution is -0.122. The van der Waals surface area contributed by atoms with Gasteiger partial charge in [0.05, 0.1) is 33.0 Å². The number of benzene rings is 2. The number of hydrogen-bond donors (Lipinski definition) is 1. The van der Waals surface area contributed by atoms with Gasteiger partial charge in [0.2, 0.25) is 5.91 Å². The summed E-state index contributed by atoms with van der Waals surface area (Å²) in [5, 5.41) is 8.01. The molecule has 0 atom stereocenters. The van der Waals surface area contributed by atoms with Gasteiger partial charge < -0.3 is 19.7 Å². The average molecular weight is 455 g/mol. The number of amides is 2. The predicted octanol–water partition coefficient (Wildman–Crippen LogP) is 2.99. The van der Waals surface area contributed by atoms with Gasteiger partial charge in [0.1, 0.15) is 5.69 Å². The van der Waals surface area contributed by atoms with Crippen LogP contribution in [0.1, 0.15) is 16.1 Å². The van der Waals surface area contributed by atoms with Crippen LogP contribution in [0, 0.1) is 0 Å². The molecule has 3 aromatic rings. The van der Waals surface area contributed by atoms with Crippen LogP contribution < -0.4 is 14.8 Å². The highest BCUT2D eigenvalue weighted by Gasteiger charge is 2.28. The second-order valence-corrected chi connectivity index (χ2v) is 7.74. The van der Waals surface area contributed by atoms with Gasteiger partial charge in [-0.2, -0.15) is 5.10 Å². The van der Waals surface area contributed by atoms with Gasteiger partial charge in [-0.1, -0.05) is 35.9 Å². The van der Waals surface area contributed by atoms with Crippen LogP contribution in [0.25, 0.3) is 11.3 Å². The molecule has 0 bridgehead atoms. The first-order chi connectivity index (χ1) is 15.5. The third-order valence-electron chi connectivity index (χ3n) is 5.30. The van der Waals surface area contributed by atoms with E-state index in [1.165, 1.54) is 4.90 Å². The zero-order chi connectivity index (χ0) is 22.7. The molecule has 2 aromatic carbocycles. The molecule has 0 aliphatic carbocycles. The van der Waals surface area contributed by atoms with Crippen LogP contribution >= 0.6 is 11.6 Å². The Morgan fingerprint density at radius 2 is 1.91 bits per heavy atom. The molecule has 2 heterocycles.